The second kappa shape index (κ2) is 5.19. The molecule has 4 nitrogen and oxygen atoms in total. The van der Waals surface area contributed by atoms with Crippen molar-refractivity contribution in [1.29, 1.82) is 0 Å². The van der Waals surface area contributed by atoms with E-state index in [2.05, 4.69) is 5.32 Å². The molecule has 0 radical (unpaired) electrons. The summed E-state index contributed by atoms with van der Waals surface area (Å²) in [5.74, 6) is -0.0228. The van der Waals surface area contributed by atoms with Crippen LogP contribution in [-0.2, 0) is 9.53 Å². The van der Waals surface area contributed by atoms with Crippen molar-refractivity contribution in [1.82, 2.24) is 5.32 Å². The van der Waals surface area contributed by atoms with E-state index in [9.17, 15) is 4.79 Å². The fourth-order valence-corrected chi connectivity index (χ4v) is 1.36. The lowest BCUT2D eigenvalue weighted by molar-refractivity contribution is -0.127. The van der Waals surface area contributed by atoms with Gasteiger partial charge in [-0.3, -0.25) is 4.79 Å². The Kier molecular flexibility index (Phi) is 4.18. The number of rotatable bonds is 5. The second-order valence-corrected chi connectivity index (χ2v) is 3.55. The van der Waals surface area contributed by atoms with Gasteiger partial charge in [0.1, 0.15) is 6.61 Å². The van der Waals surface area contributed by atoms with Gasteiger partial charge in [-0.1, -0.05) is 6.92 Å². The van der Waals surface area contributed by atoms with Gasteiger partial charge in [0.15, 0.2) is 0 Å². The first-order valence-electron chi connectivity index (χ1n) is 4.85. The van der Waals surface area contributed by atoms with Gasteiger partial charge in [-0.05, 0) is 19.3 Å². The average molecular weight is 186 g/mol. The summed E-state index contributed by atoms with van der Waals surface area (Å²) < 4.78 is 5.10. The Hall–Kier alpha value is -0.610. The maximum Gasteiger partial charge on any atom is 0.246 e. The molecule has 1 aliphatic carbocycles. The van der Waals surface area contributed by atoms with E-state index in [0.717, 1.165) is 19.3 Å². The Bertz CT molecular complexity index is 167. The number of hydrogen-bond acceptors (Lipinski definition) is 3. The first-order valence-corrected chi connectivity index (χ1v) is 4.85. The standard InChI is InChI=1S/C9H18N2O2/c1-2-3-13-6-9(12)11-8-4-7(10)5-8/h7-8H,2-6,10H2,1H3,(H,11,12). The van der Waals surface area contributed by atoms with E-state index in [1.807, 2.05) is 6.92 Å². The van der Waals surface area contributed by atoms with Crippen molar-refractivity contribution in [3.63, 3.8) is 0 Å². The third-order valence-electron chi connectivity index (χ3n) is 2.12. The van der Waals surface area contributed by atoms with E-state index in [1.54, 1.807) is 0 Å². The Morgan fingerprint density at radius 2 is 2.31 bits per heavy atom. The van der Waals surface area contributed by atoms with Crippen molar-refractivity contribution in [3.05, 3.63) is 0 Å². The molecule has 13 heavy (non-hydrogen) atoms. The fraction of sp³-hybridized carbons (Fsp3) is 0.889. The van der Waals surface area contributed by atoms with E-state index in [4.69, 9.17) is 10.5 Å². The Balaban J connectivity index is 1.98. The largest absolute Gasteiger partial charge is 0.372 e. The molecule has 0 aromatic rings. The highest BCUT2D eigenvalue weighted by Crippen LogP contribution is 2.16. The molecule has 3 N–H and O–H groups in total. The minimum atomic E-state index is -0.0228. The zero-order valence-electron chi connectivity index (χ0n) is 8.08. The topological polar surface area (TPSA) is 64.3 Å². The predicted octanol–water partition coefficient (Wildman–Crippen LogP) is 0.0189. The fourth-order valence-electron chi connectivity index (χ4n) is 1.36. The number of ether oxygens (including phenoxy) is 1. The molecule has 0 aliphatic heterocycles. The zero-order valence-corrected chi connectivity index (χ0v) is 8.08. The molecule has 76 valence electrons. The molecule has 0 aromatic carbocycles. The Morgan fingerprint density at radius 1 is 1.62 bits per heavy atom. The van der Waals surface area contributed by atoms with Crippen LogP contribution in [0.2, 0.25) is 0 Å². The van der Waals surface area contributed by atoms with Crippen molar-refractivity contribution >= 4 is 5.91 Å². The number of amides is 1. The molecule has 0 unspecified atom stereocenters. The molecule has 0 atom stereocenters. The summed E-state index contributed by atoms with van der Waals surface area (Å²) in [6, 6.07) is 0.564. The van der Waals surface area contributed by atoms with Gasteiger partial charge in [0.2, 0.25) is 5.91 Å². The third kappa shape index (κ3) is 3.74. The highest BCUT2D eigenvalue weighted by Gasteiger charge is 2.26. The smallest absolute Gasteiger partial charge is 0.246 e. The zero-order chi connectivity index (χ0) is 9.68. The van der Waals surface area contributed by atoms with Crippen molar-refractivity contribution in [2.24, 2.45) is 5.73 Å². The molecular formula is C9H18N2O2. The van der Waals surface area contributed by atoms with E-state index >= 15 is 0 Å². The second-order valence-electron chi connectivity index (χ2n) is 3.55. The first-order chi connectivity index (χ1) is 6.22. The molecular weight excluding hydrogens is 168 g/mol. The molecule has 0 aromatic heterocycles. The van der Waals surface area contributed by atoms with Gasteiger partial charge in [-0.25, -0.2) is 0 Å². The average Bonchev–Trinajstić information content (AvgIpc) is 2.02. The molecule has 4 heteroatoms. The van der Waals surface area contributed by atoms with E-state index in [0.29, 0.717) is 6.61 Å². The van der Waals surface area contributed by atoms with Crippen molar-refractivity contribution in [3.8, 4) is 0 Å². The maximum atomic E-state index is 11.2. The summed E-state index contributed by atoms with van der Waals surface area (Å²) in [4.78, 5) is 11.2. The lowest BCUT2D eigenvalue weighted by atomic mass is 9.88. The highest BCUT2D eigenvalue weighted by atomic mass is 16.5. The summed E-state index contributed by atoms with van der Waals surface area (Å²) in [5.41, 5.74) is 5.58. The number of carbonyl (C=O) groups excluding carboxylic acids is 1. The molecule has 1 saturated carbocycles. The van der Waals surface area contributed by atoms with Gasteiger partial charge in [0.25, 0.3) is 0 Å². The van der Waals surface area contributed by atoms with Crippen LogP contribution in [0.4, 0.5) is 0 Å². The monoisotopic (exact) mass is 186 g/mol. The number of carbonyl (C=O) groups is 1. The molecule has 0 saturated heterocycles. The minimum Gasteiger partial charge on any atom is -0.372 e. The van der Waals surface area contributed by atoms with Crippen LogP contribution in [0, 0.1) is 0 Å². The van der Waals surface area contributed by atoms with E-state index in [-0.39, 0.29) is 24.6 Å². The van der Waals surface area contributed by atoms with Crippen molar-refractivity contribution in [2.75, 3.05) is 13.2 Å². The Labute approximate surface area is 78.8 Å². The number of hydrogen-bond donors (Lipinski definition) is 2. The third-order valence-corrected chi connectivity index (χ3v) is 2.12. The maximum absolute atomic E-state index is 11.2. The van der Waals surface area contributed by atoms with Gasteiger partial charge < -0.3 is 15.8 Å². The molecule has 0 spiro atoms. The van der Waals surface area contributed by atoms with E-state index < -0.39 is 0 Å². The van der Waals surface area contributed by atoms with Crippen LogP contribution in [-0.4, -0.2) is 31.2 Å². The SMILES string of the molecule is CCCOCC(=O)NC1CC(N)C1. The van der Waals surface area contributed by atoms with Crippen LogP contribution < -0.4 is 11.1 Å². The van der Waals surface area contributed by atoms with E-state index in [1.165, 1.54) is 0 Å². The lowest BCUT2D eigenvalue weighted by Crippen LogP contribution is -2.51. The normalized spacial score (nSPS) is 26.6. The number of nitrogens with one attached hydrogen (secondary N) is 1. The molecule has 1 rings (SSSR count). The van der Waals surface area contributed by atoms with Crippen LogP contribution >= 0.6 is 0 Å². The van der Waals surface area contributed by atoms with Crippen LogP contribution in [0.25, 0.3) is 0 Å². The lowest BCUT2D eigenvalue weighted by Gasteiger charge is -2.32. The van der Waals surface area contributed by atoms with Crippen LogP contribution in [0.3, 0.4) is 0 Å². The summed E-state index contributed by atoms with van der Waals surface area (Å²) in [5, 5.41) is 2.86. The summed E-state index contributed by atoms with van der Waals surface area (Å²) in [6.07, 6.45) is 2.75. The van der Waals surface area contributed by atoms with Crippen molar-refractivity contribution < 1.29 is 9.53 Å². The minimum absolute atomic E-state index is 0.0228. The van der Waals surface area contributed by atoms with Gasteiger partial charge in [-0.2, -0.15) is 0 Å². The molecule has 0 heterocycles. The van der Waals surface area contributed by atoms with Gasteiger partial charge in [-0.15, -0.1) is 0 Å². The summed E-state index contributed by atoms with van der Waals surface area (Å²) in [6.45, 7) is 2.85. The highest BCUT2D eigenvalue weighted by molar-refractivity contribution is 5.77. The predicted molar refractivity (Wildman–Crippen MR) is 50.3 cm³/mol. The first kappa shape index (κ1) is 10.5. The Morgan fingerprint density at radius 3 is 2.85 bits per heavy atom. The summed E-state index contributed by atoms with van der Waals surface area (Å²) >= 11 is 0. The van der Waals surface area contributed by atoms with Crippen LogP contribution in [0.5, 0.6) is 0 Å². The van der Waals surface area contributed by atoms with Gasteiger partial charge >= 0.3 is 0 Å². The molecule has 0 bridgehead atoms. The quantitative estimate of drug-likeness (QED) is 0.595. The van der Waals surface area contributed by atoms with Crippen LogP contribution in [0.1, 0.15) is 26.2 Å². The summed E-state index contributed by atoms with van der Waals surface area (Å²) in [7, 11) is 0. The van der Waals surface area contributed by atoms with Gasteiger partial charge in [0, 0.05) is 18.7 Å². The van der Waals surface area contributed by atoms with Crippen LogP contribution in [0.15, 0.2) is 0 Å². The molecule has 1 amide bonds. The number of nitrogens with two attached hydrogens (primary N) is 1. The van der Waals surface area contributed by atoms with Gasteiger partial charge in [0.05, 0.1) is 0 Å². The molecule has 1 aliphatic rings. The van der Waals surface area contributed by atoms with Crippen molar-refractivity contribution in [2.45, 2.75) is 38.3 Å². The molecule has 1 fully saturated rings.